The predicted molar refractivity (Wildman–Crippen MR) is 74.6 cm³/mol. The molecule has 1 nitrogen and oxygen atoms in total. The van der Waals surface area contributed by atoms with E-state index >= 15 is 0 Å². The molecule has 1 rings (SSSR count). The molecule has 0 fully saturated rings. The molecule has 0 bridgehead atoms. The Morgan fingerprint density at radius 2 is 2.00 bits per heavy atom. The van der Waals surface area contributed by atoms with E-state index in [9.17, 15) is 0 Å². The predicted octanol–water partition coefficient (Wildman–Crippen LogP) is 4.01. The Kier molecular flexibility index (Phi) is 8.55. The van der Waals surface area contributed by atoms with Gasteiger partial charge < -0.3 is 5.32 Å². The van der Waals surface area contributed by atoms with E-state index in [0.717, 1.165) is 0 Å². The van der Waals surface area contributed by atoms with E-state index in [1.165, 1.54) is 24.0 Å². The van der Waals surface area contributed by atoms with Gasteiger partial charge in [0.05, 0.1) is 0 Å². The lowest BCUT2D eigenvalue weighted by Crippen LogP contribution is -2.23. The van der Waals surface area contributed by atoms with Crippen LogP contribution in [0.4, 0.5) is 0 Å². The highest BCUT2D eigenvalue weighted by Crippen LogP contribution is 2.28. The fourth-order valence-corrected chi connectivity index (χ4v) is 1.90. The van der Waals surface area contributed by atoms with E-state index in [1.54, 1.807) is 0 Å². The van der Waals surface area contributed by atoms with E-state index in [-0.39, 0.29) is 0 Å². The second-order valence-electron chi connectivity index (χ2n) is 3.46. The van der Waals surface area contributed by atoms with Gasteiger partial charge in [-0.3, -0.25) is 0 Å². The number of hydrogen-bond acceptors (Lipinski definition) is 1. The SMILES string of the molecule is C=C/C=C\C1=C(/C=C\C)CC[C@@H]1NC.CC. The Labute approximate surface area is 101 Å². The van der Waals surface area contributed by atoms with Crippen LogP contribution in [0.3, 0.4) is 0 Å². The van der Waals surface area contributed by atoms with Crippen molar-refractivity contribution in [2.75, 3.05) is 7.05 Å². The van der Waals surface area contributed by atoms with Crippen molar-refractivity contribution in [2.45, 2.75) is 39.7 Å². The Bertz CT molecular complexity index is 282. The summed E-state index contributed by atoms with van der Waals surface area (Å²) in [5.41, 5.74) is 2.86. The number of nitrogens with one attached hydrogen (secondary N) is 1. The summed E-state index contributed by atoms with van der Waals surface area (Å²) in [6.45, 7) is 9.76. The summed E-state index contributed by atoms with van der Waals surface area (Å²) in [5.74, 6) is 0. The quantitative estimate of drug-likeness (QED) is 0.704. The average molecular weight is 219 g/mol. The van der Waals surface area contributed by atoms with Gasteiger partial charge in [0, 0.05) is 6.04 Å². The Morgan fingerprint density at radius 3 is 2.50 bits per heavy atom. The maximum Gasteiger partial charge on any atom is 0.0323 e. The largest absolute Gasteiger partial charge is 0.313 e. The van der Waals surface area contributed by atoms with E-state index in [4.69, 9.17) is 0 Å². The molecular formula is C15H25N. The average Bonchev–Trinajstić information content (AvgIpc) is 2.72. The standard InChI is InChI=1S/C13H19N.C2H6/c1-4-6-8-12-11(7-5-2)9-10-13(12)14-3;1-2/h4-8,13-14H,1,9-10H2,2-3H3;1-2H3/b7-5-,8-6-;/t13-;/m0./s1. The Balaban J connectivity index is 0.00000106. The molecule has 0 aromatic heterocycles. The third-order valence-corrected chi connectivity index (χ3v) is 2.58. The number of allylic oxidation sites excluding steroid dienone is 5. The van der Waals surface area contributed by atoms with E-state index in [1.807, 2.05) is 33.0 Å². The van der Waals surface area contributed by atoms with Gasteiger partial charge in [0.1, 0.15) is 0 Å². The lowest BCUT2D eigenvalue weighted by molar-refractivity contribution is 0.636. The lowest BCUT2D eigenvalue weighted by Gasteiger charge is -2.10. The van der Waals surface area contributed by atoms with Gasteiger partial charge in [-0.2, -0.15) is 0 Å². The van der Waals surface area contributed by atoms with Crippen LogP contribution in [0.1, 0.15) is 33.6 Å². The summed E-state index contributed by atoms with van der Waals surface area (Å²) in [4.78, 5) is 0. The first-order valence-corrected chi connectivity index (χ1v) is 6.15. The highest BCUT2D eigenvalue weighted by atomic mass is 14.9. The molecular weight excluding hydrogens is 194 g/mol. The van der Waals surface area contributed by atoms with Crippen LogP contribution in [0.25, 0.3) is 0 Å². The third kappa shape index (κ3) is 4.19. The summed E-state index contributed by atoms with van der Waals surface area (Å²) >= 11 is 0. The monoisotopic (exact) mass is 219 g/mol. The molecule has 1 atom stereocenters. The summed E-state index contributed by atoms with van der Waals surface area (Å²) < 4.78 is 0. The number of rotatable bonds is 4. The van der Waals surface area contributed by atoms with Crippen molar-refractivity contribution >= 4 is 0 Å². The molecule has 90 valence electrons. The molecule has 1 N–H and O–H groups in total. The third-order valence-electron chi connectivity index (χ3n) is 2.58. The van der Waals surface area contributed by atoms with Crippen molar-refractivity contribution in [3.63, 3.8) is 0 Å². The summed E-state index contributed by atoms with van der Waals surface area (Å²) in [6, 6.07) is 0.511. The topological polar surface area (TPSA) is 12.0 Å². The fourth-order valence-electron chi connectivity index (χ4n) is 1.90. The van der Waals surface area contributed by atoms with Gasteiger partial charge in [0.2, 0.25) is 0 Å². The Morgan fingerprint density at radius 1 is 1.31 bits per heavy atom. The second kappa shape index (κ2) is 9.17. The minimum absolute atomic E-state index is 0.511. The first-order chi connectivity index (χ1) is 7.83. The lowest BCUT2D eigenvalue weighted by atomic mass is 10.1. The van der Waals surface area contributed by atoms with Crippen molar-refractivity contribution in [1.82, 2.24) is 5.32 Å². The molecule has 0 heterocycles. The molecule has 0 saturated heterocycles. The Hall–Kier alpha value is -1.08. The molecule has 0 unspecified atom stereocenters. The van der Waals surface area contributed by atoms with Gasteiger partial charge in [-0.25, -0.2) is 0 Å². The van der Waals surface area contributed by atoms with Crippen LogP contribution in [0.15, 0.2) is 48.1 Å². The van der Waals surface area contributed by atoms with Crippen LogP contribution in [-0.4, -0.2) is 13.1 Å². The highest BCUT2D eigenvalue weighted by molar-refractivity contribution is 5.41. The van der Waals surface area contributed by atoms with Crippen LogP contribution in [0.2, 0.25) is 0 Å². The van der Waals surface area contributed by atoms with Crippen LogP contribution in [-0.2, 0) is 0 Å². The minimum Gasteiger partial charge on any atom is -0.313 e. The minimum atomic E-state index is 0.511. The zero-order chi connectivity index (χ0) is 12.4. The van der Waals surface area contributed by atoms with Crippen molar-refractivity contribution in [3.8, 4) is 0 Å². The second-order valence-corrected chi connectivity index (χ2v) is 3.46. The van der Waals surface area contributed by atoms with Gasteiger partial charge in [-0.1, -0.05) is 50.8 Å². The van der Waals surface area contributed by atoms with Crippen LogP contribution >= 0.6 is 0 Å². The summed E-state index contributed by atoms with van der Waals surface area (Å²) in [5, 5.41) is 3.33. The molecule has 0 aromatic carbocycles. The molecule has 1 aliphatic rings. The zero-order valence-corrected chi connectivity index (χ0v) is 11.1. The molecule has 0 aromatic rings. The molecule has 16 heavy (non-hydrogen) atoms. The van der Waals surface area contributed by atoms with Crippen LogP contribution in [0.5, 0.6) is 0 Å². The zero-order valence-electron chi connectivity index (χ0n) is 11.1. The normalized spacial score (nSPS) is 20.4. The van der Waals surface area contributed by atoms with Gasteiger partial charge >= 0.3 is 0 Å². The smallest absolute Gasteiger partial charge is 0.0323 e. The molecule has 1 aliphatic carbocycles. The highest BCUT2D eigenvalue weighted by Gasteiger charge is 2.19. The molecule has 0 amide bonds. The number of hydrogen-bond donors (Lipinski definition) is 1. The summed E-state index contributed by atoms with van der Waals surface area (Å²) in [7, 11) is 2.02. The first-order valence-electron chi connectivity index (χ1n) is 6.15. The van der Waals surface area contributed by atoms with Crippen molar-refractivity contribution < 1.29 is 0 Å². The molecule has 0 spiro atoms. The molecule has 0 saturated carbocycles. The maximum absolute atomic E-state index is 3.70. The van der Waals surface area contributed by atoms with Crippen molar-refractivity contribution in [3.05, 3.63) is 48.1 Å². The molecule has 1 heteroatoms. The van der Waals surface area contributed by atoms with Gasteiger partial charge in [0.15, 0.2) is 0 Å². The first kappa shape index (κ1) is 14.9. The van der Waals surface area contributed by atoms with Crippen LogP contribution < -0.4 is 5.32 Å². The van der Waals surface area contributed by atoms with E-state index in [2.05, 4.69) is 37.0 Å². The molecule has 0 aliphatic heterocycles. The number of likely N-dealkylation sites (N-methyl/N-ethyl adjacent to an activating group) is 1. The van der Waals surface area contributed by atoms with E-state index in [0.29, 0.717) is 6.04 Å². The van der Waals surface area contributed by atoms with E-state index < -0.39 is 0 Å². The van der Waals surface area contributed by atoms with Crippen molar-refractivity contribution in [1.29, 1.82) is 0 Å². The van der Waals surface area contributed by atoms with Gasteiger partial charge in [-0.05, 0) is 38.0 Å². The molecule has 0 radical (unpaired) electrons. The van der Waals surface area contributed by atoms with Crippen molar-refractivity contribution in [2.24, 2.45) is 0 Å². The summed E-state index contributed by atoms with van der Waals surface area (Å²) in [6.07, 6.45) is 12.7. The van der Waals surface area contributed by atoms with Gasteiger partial charge in [-0.15, -0.1) is 0 Å². The fraction of sp³-hybridized carbons (Fsp3) is 0.467. The van der Waals surface area contributed by atoms with Gasteiger partial charge in [0.25, 0.3) is 0 Å². The van der Waals surface area contributed by atoms with Crippen LogP contribution in [0, 0.1) is 0 Å². The maximum atomic E-state index is 3.70.